The highest BCUT2D eigenvalue weighted by Gasteiger charge is 2.29. The van der Waals surface area contributed by atoms with Crippen molar-refractivity contribution in [2.45, 2.75) is 26.2 Å². The van der Waals surface area contributed by atoms with Crippen LogP contribution in [0.2, 0.25) is 0 Å². The van der Waals surface area contributed by atoms with Crippen LogP contribution in [0.5, 0.6) is 5.75 Å². The zero-order chi connectivity index (χ0) is 22.7. The van der Waals surface area contributed by atoms with Crippen LogP contribution in [0.4, 0.5) is 5.69 Å². The van der Waals surface area contributed by atoms with Gasteiger partial charge in [0.2, 0.25) is 5.76 Å². The second-order valence-corrected chi connectivity index (χ2v) is 7.09. The van der Waals surface area contributed by atoms with Crippen molar-refractivity contribution in [3.63, 3.8) is 0 Å². The van der Waals surface area contributed by atoms with Gasteiger partial charge in [0.05, 0.1) is 16.8 Å². The number of rotatable bonds is 5. The summed E-state index contributed by atoms with van der Waals surface area (Å²) >= 11 is 0. The molecular weight excluding hydrogens is 416 g/mol. The fourth-order valence-corrected chi connectivity index (χ4v) is 3.45. The van der Waals surface area contributed by atoms with Crippen LogP contribution < -0.4 is 10.2 Å². The Morgan fingerprint density at radius 3 is 2.69 bits per heavy atom. The molecule has 4 rings (SSSR count). The number of fused-ring (bicyclic) bond motifs is 1. The smallest absolute Gasteiger partial charge is 0.379 e. The van der Waals surface area contributed by atoms with Crippen molar-refractivity contribution in [2.75, 3.05) is 0 Å². The lowest BCUT2D eigenvalue weighted by molar-refractivity contribution is -0.384. The molecule has 0 aliphatic heterocycles. The van der Waals surface area contributed by atoms with Crippen molar-refractivity contribution in [3.8, 4) is 5.75 Å². The molecule has 0 unspecified atom stereocenters. The van der Waals surface area contributed by atoms with Crippen molar-refractivity contribution in [1.82, 2.24) is 10.4 Å². The molecule has 1 aliphatic rings. The van der Waals surface area contributed by atoms with Gasteiger partial charge in [-0.3, -0.25) is 19.9 Å². The minimum atomic E-state index is -0.640. The number of carbonyl (C=O) groups is 2. The number of hydrogen-bond acceptors (Lipinski definition) is 8. The second-order valence-electron chi connectivity index (χ2n) is 7.09. The summed E-state index contributed by atoms with van der Waals surface area (Å²) in [6.07, 6.45) is 4.96. The molecule has 0 saturated carbocycles. The highest BCUT2D eigenvalue weighted by molar-refractivity contribution is 6.06. The summed E-state index contributed by atoms with van der Waals surface area (Å²) in [7, 11) is 0. The first-order valence-electron chi connectivity index (χ1n) is 9.80. The number of furan rings is 1. The molecule has 1 aromatic carbocycles. The average Bonchev–Trinajstić information content (AvgIpc) is 3.15. The summed E-state index contributed by atoms with van der Waals surface area (Å²) in [6, 6.07) is 8.48. The van der Waals surface area contributed by atoms with E-state index in [1.807, 2.05) is 0 Å². The Kier molecular flexibility index (Phi) is 5.75. The lowest BCUT2D eigenvalue weighted by Crippen LogP contribution is -2.22. The predicted octanol–water partition coefficient (Wildman–Crippen LogP) is 3.58. The normalized spacial score (nSPS) is 14.0. The van der Waals surface area contributed by atoms with E-state index >= 15 is 0 Å². The van der Waals surface area contributed by atoms with E-state index in [0.29, 0.717) is 41.2 Å². The third kappa shape index (κ3) is 4.24. The number of hydrogen-bond donors (Lipinski definition) is 1. The summed E-state index contributed by atoms with van der Waals surface area (Å²) in [5, 5.41) is 15.0. The maximum atomic E-state index is 12.6. The van der Waals surface area contributed by atoms with Gasteiger partial charge in [-0.25, -0.2) is 10.2 Å². The number of amides is 1. The Hall–Kier alpha value is -4.34. The minimum Gasteiger partial charge on any atom is -0.453 e. The van der Waals surface area contributed by atoms with E-state index in [1.165, 1.54) is 30.5 Å². The number of aryl methyl sites for hydroxylation is 1. The van der Waals surface area contributed by atoms with Gasteiger partial charge in [0, 0.05) is 41.4 Å². The van der Waals surface area contributed by atoms with Gasteiger partial charge < -0.3 is 9.15 Å². The van der Waals surface area contributed by atoms with Crippen molar-refractivity contribution < 1.29 is 23.7 Å². The van der Waals surface area contributed by atoms with Crippen molar-refractivity contribution >= 4 is 23.3 Å². The van der Waals surface area contributed by atoms with Gasteiger partial charge in [-0.2, -0.15) is 5.10 Å². The Labute approximate surface area is 182 Å². The molecule has 0 spiro atoms. The lowest BCUT2D eigenvalue weighted by Gasteiger charge is -2.13. The largest absolute Gasteiger partial charge is 0.453 e. The third-order valence-electron chi connectivity index (χ3n) is 4.99. The van der Waals surface area contributed by atoms with E-state index in [1.54, 1.807) is 25.3 Å². The van der Waals surface area contributed by atoms with Crippen LogP contribution in [0.25, 0.3) is 0 Å². The van der Waals surface area contributed by atoms with Crippen LogP contribution >= 0.6 is 0 Å². The number of nitrogens with zero attached hydrogens (tertiary/aromatic N) is 3. The summed E-state index contributed by atoms with van der Waals surface area (Å²) in [4.78, 5) is 39.1. The first kappa shape index (κ1) is 20.9. The molecule has 3 aromatic rings. The molecule has 0 radical (unpaired) electrons. The highest BCUT2D eigenvalue weighted by atomic mass is 16.6. The van der Waals surface area contributed by atoms with Gasteiger partial charge in [0.1, 0.15) is 11.5 Å². The number of hydrazone groups is 1. The summed E-state index contributed by atoms with van der Waals surface area (Å²) in [5.74, 6) is -0.156. The van der Waals surface area contributed by atoms with E-state index < -0.39 is 16.8 Å². The molecule has 2 aromatic heterocycles. The Bertz CT molecular complexity index is 1220. The molecular formula is C22H18N4O6. The maximum Gasteiger partial charge on any atom is 0.379 e. The van der Waals surface area contributed by atoms with Crippen LogP contribution in [0.15, 0.2) is 58.3 Å². The molecule has 162 valence electrons. The number of nitrogens with one attached hydrogen (secondary N) is 1. The van der Waals surface area contributed by atoms with Gasteiger partial charge in [-0.15, -0.1) is 0 Å². The Morgan fingerprint density at radius 2 is 2.00 bits per heavy atom. The zero-order valence-corrected chi connectivity index (χ0v) is 17.0. The summed E-state index contributed by atoms with van der Waals surface area (Å²) < 4.78 is 11.1. The Morgan fingerprint density at radius 1 is 1.22 bits per heavy atom. The number of pyridine rings is 1. The first-order chi connectivity index (χ1) is 15.4. The number of nitro benzene ring substituents is 1. The van der Waals surface area contributed by atoms with Crippen LogP contribution in [0.3, 0.4) is 0 Å². The Balaban J connectivity index is 1.54. The molecule has 0 atom stereocenters. The molecule has 0 saturated heterocycles. The third-order valence-corrected chi connectivity index (χ3v) is 4.99. The molecule has 2 heterocycles. The SMILES string of the molecule is Cc1c(C(=O)Oc2cccnc2)oc2c1/C(=N/NC(=O)c1ccc([N+](=O)[O-])cc1)CCC2. The van der Waals surface area contributed by atoms with Crippen molar-refractivity contribution in [2.24, 2.45) is 5.10 Å². The summed E-state index contributed by atoms with van der Waals surface area (Å²) in [5.41, 5.74) is 4.45. The van der Waals surface area contributed by atoms with E-state index in [9.17, 15) is 19.7 Å². The molecule has 10 nitrogen and oxygen atoms in total. The second kappa shape index (κ2) is 8.80. The van der Waals surface area contributed by atoms with Crippen molar-refractivity contribution in [1.29, 1.82) is 0 Å². The molecule has 32 heavy (non-hydrogen) atoms. The number of nitro groups is 1. The zero-order valence-electron chi connectivity index (χ0n) is 17.0. The van der Waals surface area contributed by atoms with Crippen LogP contribution in [0, 0.1) is 17.0 Å². The van der Waals surface area contributed by atoms with Crippen LogP contribution in [-0.2, 0) is 6.42 Å². The predicted molar refractivity (Wildman–Crippen MR) is 113 cm³/mol. The minimum absolute atomic E-state index is 0.0788. The maximum absolute atomic E-state index is 12.6. The highest BCUT2D eigenvalue weighted by Crippen LogP contribution is 2.30. The van der Waals surface area contributed by atoms with Crippen LogP contribution in [0.1, 0.15) is 50.6 Å². The van der Waals surface area contributed by atoms with Gasteiger partial charge in [0.15, 0.2) is 0 Å². The van der Waals surface area contributed by atoms with E-state index in [-0.39, 0.29) is 17.0 Å². The number of non-ortho nitro benzene ring substituents is 1. The van der Waals surface area contributed by atoms with Gasteiger partial charge in [-0.1, -0.05) is 0 Å². The first-order valence-corrected chi connectivity index (χ1v) is 9.80. The number of benzene rings is 1. The van der Waals surface area contributed by atoms with Crippen molar-refractivity contribution in [3.05, 3.63) is 87.1 Å². The number of carbonyl (C=O) groups excluding carboxylic acids is 2. The van der Waals surface area contributed by atoms with Gasteiger partial charge >= 0.3 is 5.97 Å². The van der Waals surface area contributed by atoms with E-state index in [4.69, 9.17) is 9.15 Å². The molecule has 0 bridgehead atoms. The quantitative estimate of drug-likeness (QED) is 0.368. The van der Waals surface area contributed by atoms with Gasteiger partial charge in [-0.05, 0) is 44.0 Å². The fourth-order valence-electron chi connectivity index (χ4n) is 3.45. The van der Waals surface area contributed by atoms with E-state index in [0.717, 1.165) is 6.42 Å². The lowest BCUT2D eigenvalue weighted by atomic mass is 9.93. The van der Waals surface area contributed by atoms with Crippen LogP contribution in [-0.4, -0.2) is 27.5 Å². The standard InChI is InChI=1S/C22H18N4O6/c1-13-19-17(24-25-21(27)14-7-9-15(10-8-14)26(29)30)5-2-6-18(19)32-20(13)22(28)31-16-4-3-11-23-12-16/h3-4,7-12H,2,5-6H2,1H3,(H,25,27)/b24-17+. The molecule has 1 aliphatic carbocycles. The molecule has 1 amide bonds. The molecule has 1 N–H and O–H groups in total. The average molecular weight is 434 g/mol. The molecule has 0 fully saturated rings. The summed E-state index contributed by atoms with van der Waals surface area (Å²) in [6.45, 7) is 1.74. The number of aromatic nitrogens is 1. The van der Waals surface area contributed by atoms with E-state index in [2.05, 4.69) is 15.5 Å². The number of esters is 1. The topological polar surface area (TPSA) is 137 Å². The molecule has 10 heteroatoms. The monoisotopic (exact) mass is 434 g/mol. The van der Waals surface area contributed by atoms with Gasteiger partial charge in [0.25, 0.3) is 11.6 Å². The number of ether oxygens (including phenoxy) is 1. The fraction of sp³-hybridized carbons (Fsp3) is 0.182.